The molecule has 0 aliphatic heterocycles. The van der Waals surface area contributed by atoms with Gasteiger partial charge in [-0.05, 0) is 13.3 Å². The van der Waals surface area contributed by atoms with Crippen LogP contribution < -0.4 is 4.72 Å². The van der Waals surface area contributed by atoms with E-state index in [1.165, 1.54) is 0 Å². The molecule has 3 nitrogen and oxygen atoms in total. The molecule has 1 unspecified atom stereocenters. The molecule has 0 aliphatic carbocycles. The predicted molar refractivity (Wildman–Crippen MR) is 61.4 cm³/mol. The lowest BCUT2D eigenvalue weighted by atomic mass is 10.3. The molecule has 0 aromatic heterocycles. The SMILES string of the molecule is CC(Cl)CCNS(=O)(=O)c1c(F)cc(F)cc1F. The molecule has 0 saturated carbocycles. The molecule has 8 heteroatoms. The molecule has 0 heterocycles. The lowest BCUT2D eigenvalue weighted by Gasteiger charge is -2.09. The molecule has 1 atom stereocenters. The highest BCUT2D eigenvalue weighted by Crippen LogP contribution is 2.19. The Bertz CT molecular complexity index is 511. The number of halogens is 4. The van der Waals surface area contributed by atoms with Crippen molar-refractivity contribution in [3.8, 4) is 0 Å². The van der Waals surface area contributed by atoms with Gasteiger partial charge in [0.1, 0.15) is 17.5 Å². The average Bonchev–Trinajstić information content (AvgIpc) is 2.13. The second-order valence-corrected chi connectivity index (χ2v) is 6.11. The van der Waals surface area contributed by atoms with Crippen molar-refractivity contribution < 1.29 is 21.6 Å². The maximum absolute atomic E-state index is 13.3. The first kappa shape index (κ1) is 15.3. The Labute approximate surface area is 108 Å². The first-order valence-electron chi connectivity index (χ1n) is 5.02. The molecule has 0 saturated heterocycles. The molecule has 0 radical (unpaired) electrons. The maximum atomic E-state index is 13.3. The van der Waals surface area contributed by atoms with Crippen LogP contribution in [-0.2, 0) is 10.0 Å². The third kappa shape index (κ3) is 3.86. The molecular formula is C10H11ClF3NO2S. The van der Waals surface area contributed by atoms with Crippen LogP contribution >= 0.6 is 11.6 Å². The van der Waals surface area contributed by atoms with E-state index in [1.807, 2.05) is 4.72 Å². The third-order valence-corrected chi connectivity index (χ3v) is 3.80. The van der Waals surface area contributed by atoms with E-state index in [1.54, 1.807) is 6.92 Å². The lowest BCUT2D eigenvalue weighted by molar-refractivity contribution is 0.493. The summed E-state index contributed by atoms with van der Waals surface area (Å²) in [5, 5.41) is -0.282. The molecule has 0 amide bonds. The highest BCUT2D eigenvalue weighted by Gasteiger charge is 2.24. The fourth-order valence-electron chi connectivity index (χ4n) is 1.25. The Kier molecular flexibility index (Phi) is 5.01. The molecular weight excluding hydrogens is 291 g/mol. The van der Waals surface area contributed by atoms with Crippen LogP contribution in [-0.4, -0.2) is 20.3 Å². The van der Waals surface area contributed by atoms with Gasteiger partial charge in [0.2, 0.25) is 10.0 Å². The highest BCUT2D eigenvalue weighted by atomic mass is 35.5. The van der Waals surface area contributed by atoms with Crippen molar-refractivity contribution in [1.29, 1.82) is 0 Å². The highest BCUT2D eigenvalue weighted by molar-refractivity contribution is 7.89. The molecule has 1 aromatic carbocycles. The van der Waals surface area contributed by atoms with Crippen molar-refractivity contribution in [3.63, 3.8) is 0 Å². The van der Waals surface area contributed by atoms with Crippen molar-refractivity contribution in [2.75, 3.05) is 6.54 Å². The van der Waals surface area contributed by atoms with Crippen LogP contribution in [0.3, 0.4) is 0 Å². The van der Waals surface area contributed by atoms with E-state index in [2.05, 4.69) is 0 Å². The van der Waals surface area contributed by atoms with Crippen molar-refractivity contribution in [2.45, 2.75) is 23.6 Å². The Morgan fingerprint density at radius 3 is 2.22 bits per heavy atom. The van der Waals surface area contributed by atoms with Gasteiger partial charge in [0.05, 0.1) is 0 Å². The normalized spacial score (nSPS) is 13.6. The van der Waals surface area contributed by atoms with E-state index in [0.29, 0.717) is 18.6 Å². The fraction of sp³-hybridized carbons (Fsp3) is 0.400. The summed E-state index contributed by atoms with van der Waals surface area (Å²) in [6, 6.07) is 0.615. The Hall–Kier alpha value is -0.790. The van der Waals surface area contributed by atoms with Crippen molar-refractivity contribution in [2.24, 2.45) is 0 Å². The van der Waals surface area contributed by atoms with Gasteiger partial charge in [0.15, 0.2) is 4.90 Å². The van der Waals surface area contributed by atoms with Crippen LogP contribution in [0.1, 0.15) is 13.3 Å². The number of alkyl halides is 1. The van der Waals surface area contributed by atoms with Crippen LogP contribution in [0.15, 0.2) is 17.0 Å². The zero-order valence-electron chi connectivity index (χ0n) is 9.38. The predicted octanol–water partition coefficient (Wildman–Crippen LogP) is 2.40. The Morgan fingerprint density at radius 2 is 1.78 bits per heavy atom. The number of nitrogens with one attached hydrogen (secondary N) is 1. The zero-order chi connectivity index (χ0) is 13.9. The molecule has 102 valence electrons. The molecule has 1 rings (SSSR count). The maximum Gasteiger partial charge on any atom is 0.246 e. The van der Waals surface area contributed by atoms with Gasteiger partial charge >= 0.3 is 0 Å². The standard InChI is InChI=1S/C10H11ClF3NO2S/c1-6(11)2-3-15-18(16,17)10-8(13)4-7(12)5-9(10)14/h4-6,15H,2-3H2,1H3. The summed E-state index contributed by atoms with van der Waals surface area (Å²) in [5.74, 6) is -4.13. The number of rotatable bonds is 5. The van der Waals surface area contributed by atoms with Crippen LogP contribution in [0.25, 0.3) is 0 Å². The summed E-state index contributed by atoms with van der Waals surface area (Å²) in [6.07, 6.45) is 0.297. The Balaban J connectivity index is 2.99. The van der Waals surface area contributed by atoms with Gasteiger partial charge in [-0.1, -0.05) is 0 Å². The van der Waals surface area contributed by atoms with Crippen LogP contribution in [0.4, 0.5) is 13.2 Å². The molecule has 18 heavy (non-hydrogen) atoms. The quantitative estimate of drug-likeness (QED) is 0.849. The van der Waals surface area contributed by atoms with Crippen LogP contribution in [0.5, 0.6) is 0 Å². The van der Waals surface area contributed by atoms with Gasteiger partial charge in [-0.25, -0.2) is 26.3 Å². The second kappa shape index (κ2) is 5.90. The molecule has 0 aliphatic rings. The summed E-state index contributed by atoms with van der Waals surface area (Å²) in [7, 11) is -4.36. The molecule has 1 aromatic rings. The summed E-state index contributed by atoms with van der Waals surface area (Å²) in [6.45, 7) is 1.58. The molecule has 0 bridgehead atoms. The van der Waals surface area contributed by atoms with E-state index >= 15 is 0 Å². The lowest BCUT2D eigenvalue weighted by Crippen LogP contribution is -2.27. The van der Waals surface area contributed by atoms with E-state index in [4.69, 9.17) is 11.6 Å². The smallest absolute Gasteiger partial charge is 0.211 e. The topological polar surface area (TPSA) is 46.2 Å². The monoisotopic (exact) mass is 301 g/mol. The van der Waals surface area contributed by atoms with E-state index < -0.39 is 32.4 Å². The van der Waals surface area contributed by atoms with Crippen molar-refractivity contribution >= 4 is 21.6 Å². The van der Waals surface area contributed by atoms with Gasteiger partial charge in [0.25, 0.3) is 0 Å². The summed E-state index contributed by atoms with van der Waals surface area (Å²) < 4.78 is 64.4. The van der Waals surface area contributed by atoms with Crippen LogP contribution in [0, 0.1) is 17.5 Å². The largest absolute Gasteiger partial charge is 0.246 e. The van der Waals surface area contributed by atoms with Gasteiger partial charge in [0, 0.05) is 24.1 Å². The van der Waals surface area contributed by atoms with Crippen LogP contribution in [0.2, 0.25) is 0 Å². The number of hydrogen-bond donors (Lipinski definition) is 1. The molecule has 0 spiro atoms. The summed E-state index contributed by atoms with van der Waals surface area (Å²) in [4.78, 5) is -1.19. The first-order chi connectivity index (χ1) is 8.24. The summed E-state index contributed by atoms with van der Waals surface area (Å²) >= 11 is 5.60. The van der Waals surface area contributed by atoms with Crippen molar-refractivity contribution in [3.05, 3.63) is 29.6 Å². The van der Waals surface area contributed by atoms with E-state index in [9.17, 15) is 21.6 Å². The zero-order valence-corrected chi connectivity index (χ0v) is 11.0. The van der Waals surface area contributed by atoms with Crippen molar-refractivity contribution in [1.82, 2.24) is 4.72 Å². The first-order valence-corrected chi connectivity index (χ1v) is 6.94. The van der Waals surface area contributed by atoms with E-state index in [0.717, 1.165) is 0 Å². The molecule has 1 N–H and O–H groups in total. The fourth-order valence-corrected chi connectivity index (χ4v) is 2.52. The minimum atomic E-state index is -4.36. The van der Waals surface area contributed by atoms with Gasteiger partial charge in [-0.3, -0.25) is 0 Å². The Morgan fingerprint density at radius 1 is 1.28 bits per heavy atom. The minimum absolute atomic E-state index is 0.0662. The second-order valence-electron chi connectivity index (χ2n) is 3.67. The number of benzene rings is 1. The molecule has 0 fully saturated rings. The number of hydrogen-bond acceptors (Lipinski definition) is 2. The minimum Gasteiger partial charge on any atom is -0.211 e. The average molecular weight is 302 g/mol. The summed E-state index contributed by atoms with van der Waals surface area (Å²) in [5.41, 5.74) is 0. The van der Waals surface area contributed by atoms with Gasteiger partial charge in [-0.2, -0.15) is 0 Å². The van der Waals surface area contributed by atoms with Gasteiger partial charge < -0.3 is 0 Å². The van der Waals surface area contributed by atoms with E-state index in [-0.39, 0.29) is 11.9 Å². The van der Waals surface area contributed by atoms with Gasteiger partial charge in [-0.15, -0.1) is 11.6 Å². The number of sulfonamides is 1. The third-order valence-electron chi connectivity index (χ3n) is 2.07.